The number of nitrogens with zero attached hydrogens (tertiary/aromatic N) is 1. The molecule has 0 aromatic carbocycles. The predicted molar refractivity (Wildman–Crippen MR) is 69.3 cm³/mol. The molecule has 0 aromatic heterocycles. The molecule has 0 aliphatic heterocycles. The Morgan fingerprint density at radius 3 is 2.94 bits per heavy atom. The van der Waals surface area contributed by atoms with Crippen LogP contribution in [-0.4, -0.2) is 23.2 Å². The van der Waals surface area contributed by atoms with Crippen LogP contribution in [0.3, 0.4) is 0 Å². The molecule has 3 unspecified atom stereocenters. The Morgan fingerprint density at radius 2 is 2.38 bits per heavy atom. The predicted octanol–water partition coefficient (Wildman–Crippen LogP) is 3.21. The quantitative estimate of drug-likeness (QED) is 0.752. The van der Waals surface area contributed by atoms with Crippen LogP contribution in [0.5, 0.6) is 0 Å². The van der Waals surface area contributed by atoms with Crippen LogP contribution in [-0.2, 0) is 0 Å². The van der Waals surface area contributed by atoms with Crippen LogP contribution in [0.1, 0.15) is 45.4 Å². The summed E-state index contributed by atoms with van der Waals surface area (Å²) in [6.45, 7) is 2.19. The van der Waals surface area contributed by atoms with Crippen molar-refractivity contribution < 1.29 is 5.11 Å². The van der Waals surface area contributed by atoms with E-state index < -0.39 is 11.5 Å². The summed E-state index contributed by atoms with van der Waals surface area (Å²) < 4.78 is 0. The van der Waals surface area contributed by atoms with Gasteiger partial charge in [-0.15, -0.1) is 0 Å². The highest BCUT2D eigenvalue weighted by Crippen LogP contribution is 2.42. The van der Waals surface area contributed by atoms with E-state index in [-0.39, 0.29) is 0 Å². The average Bonchev–Trinajstić information content (AvgIpc) is 2.29. The molecule has 0 amide bonds. The second-order valence-corrected chi connectivity index (χ2v) is 6.11. The summed E-state index contributed by atoms with van der Waals surface area (Å²) in [5.41, 5.74) is -0.448. The SMILES string of the molecule is CSCCCC(O)C1(C#N)CCCC(C)C1. The molecule has 0 spiro atoms. The molecular formula is C13H23NOS. The van der Waals surface area contributed by atoms with E-state index in [0.29, 0.717) is 5.92 Å². The second-order valence-electron chi connectivity index (χ2n) is 5.12. The Morgan fingerprint density at radius 1 is 1.62 bits per heavy atom. The van der Waals surface area contributed by atoms with Gasteiger partial charge < -0.3 is 5.11 Å². The summed E-state index contributed by atoms with van der Waals surface area (Å²) in [6, 6.07) is 2.42. The fraction of sp³-hybridized carbons (Fsp3) is 0.923. The highest BCUT2D eigenvalue weighted by molar-refractivity contribution is 7.98. The van der Waals surface area contributed by atoms with Crippen molar-refractivity contribution in [3.63, 3.8) is 0 Å². The molecule has 2 nitrogen and oxygen atoms in total. The largest absolute Gasteiger partial charge is 0.391 e. The van der Waals surface area contributed by atoms with E-state index in [9.17, 15) is 10.4 Å². The Hall–Kier alpha value is -0.200. The maximum atomic E-state index is 10.2. The average molecular weight is 241 g/mol. The summed E-state index contributed by atoms with van der Waals surface area (Å²) in [6.07, 6.45) is 7.51. The van der Waals surface area contributed by atoms with Crippen LogP contribution in [0, 0.1) is 22.7 Å². The molecule has 1 fully saturated rings. The lowest BCUT2D eigenvalue weighted by Gasteiger charge is -2.38. The molecule has 0 bridgehead atoms. The van der Waals surface area contributed by atoms with E-state index in [0.717, 1.165) is 37.9 Å². The number of hydrogen-bond donors (Lipinski definition) is 1. The van der Waals surface area contributed by atoms with Crippen molar-refractivity contribution in [2.75, 3.05) is 12.0 Å². The maximum Gasteiger partial charge on any atom is 0.0834 e. The number of rotatable bonds is 5. The van der Waals surface area contributed by atoms with Gasteiger partial charge in [0.1, 0.15) is 0 Å². The highest BCUT2D eigenvalue weighted by Gasteiger charge is 2.41. The number of nitriles is 1. The molecule has 1 N–H and O–H groups in total. The molecule has 1 saturated carbocycles. The summed E-state index contributed by atoms with van der Waals surface area (Å²) in [7, 11) is 0. The van der Waals surface area contributed by atoms with Crippen molar-refractivity contribution in [3.8, 4) is 6.07 Å². The third-order valence-electron chi connectivity index (χ3n) is 3.72. The zero-order chi connectivity index (χ0) is 12.0. The number of thioether (sulfide) groups is 1. The van der Waals surface area contributed by atoms with Crippen molar-refractivity contribution in [1.82, 2.24) is 0 Å². The van der Waals surface area contributed by atoms with Gasteiger partial charge in [-0.25, -0.2) is 0 Å². The van der Waals surface area contributed by atoms with E-state index in [1.54, 1.807) is 11.8 Å². The molecule has 0 saturated heterocycles. The molecule has 0 radical (unpaired) electrons. The Bertz CT molecular complexity index is 251. The molecule has 1 aliphatic rings. The lowest BCUT2D eigenvalue weighted by atomic mass is 9.67. The topological polar surface area (TPSA) is 44.0 Å². The minimum Gasteiger partial charge on any atom is -0.391 e. The van der Waals surface area contributed by atoms with Crippen LogP contribution in [0.25, 0.3) is 0 Å². The Balaban J connectivity index is 2.54. The minimum absolute atomic E-state index is 0.424. The number of hydrogen-bond acceptors (Lipinski definition) is 3. The van der Waals surface area contributed by atoms with Gasteiger partial charge in [0.05, 0.1) is 17.6 Å². The van der Waals surface area contributed by atoms with Crippen molar-refractivity contribution in [2.24, 2.45) is 11.3 Å². The monoisotopic (exact) mass is 241 g/mol. The summed E-state index contributed by atoms with van der Waals surface area (Å²) in [4.78, 5) is 0. The van der Waals surface area contributed by atoms with Crippen molar-refractivity contribution in [2.45, 2.75) is 51.6 Å². The molecule has 1 rings (SSSR count). The molecule has 16 heavy (non-hydrogen) atoms. The van der Waals surface area contributed by atoms with Gasteiger partial charge in [0.25, 0.3) is 0 Å². The molecule has 92 valence electrons. The van der Waals surface area contributed by atoms with E-state index in [2.05, 4.69) is 19.2 Å². The smallest absolute Gasteiger partial charge is 0.0834 e. The number of aliphatic hydroxyl groups is 1. The standard InChI is InChI=1S/C13H23NOS/c1-11-5-3-7-13(9-11,10-14)12(15)6-4-8-16-2/h11-12,15H,3-9H2,1-2H3. The summed E-state index contributed by atoms with van der Waals surface area (Å²) >= 11 is 1.80. The first-order chi connectivity index (χ1) is 7.64. The van der Waals surface area contributed by atoms with Gasteiger partial charge in [-0.3, -0.25) is 0 Å². The van der Waals surface area contributed by atoms with Gasteiger partial charge in [0.15, 0.2) is 0 Å². The van der Waals surface area contributed by atoms with Gasteiger partial charge in [-0.1, -0.05) is 19.8 Å². The van der Waals surface area contributed by atoms with Gasteiger partial charge in [0.2, 0.25) is 0 Å². The number of aliphatic hydroxyl groups excluding tert-OH is 1. The van der Waals surface area contributed by atoms with E-state index >= 15 is 0 Å². The maximum absolute atomic E-state index is 10.2. The summed E-state index contributed by atoms with van der Waals surface area (Å²) in [5, 5.41) is 19.6. The van der Waals surface area contributed by atoms with Crippen LogP contribution in [0.15, 0.2) is 0 Å². The molecule has 3 heteroatoms. The third-order valence-corrected chi connectivity index (χ3v) is 4.42. The fourth-order valence-corrected chi connectivity index (χ4v) is 3.22. The molecular weight excluding hydrogens is 218 g/mol. The van der Waals surface area contributed by atoms with Crippen molar-refractivity contribution in [3.05, 3.63) is 0 Å². The van der Waals surface area contributed by atoms with Gasteiger partial charge in [0, 0.05) is 0 Å². The Labute approximate surface area is 103 Å². The van der Waals surface area contributed by atoms with Gasteiger partial charge in [-0.2, -0.15) is 17.0 Å². The molecule has 3 atom stereocenters. The van der Waals surface area contributed by atoms with E-state index in [1.807, 2.05) is 0 Å². The van der Waals surface area contributed by atoms with Gasteiger partial charge >= 0.3 is 0 Å². The lowest BCUT2D eigenvalue weighted by Crippen LogP contribution is -2.38. The van der Waals surface area contributed by atoms with Crippen LogP contribution < -0.4 is 0 Å². The van der Waals surface area contributed by atoms with Crippen molar-refractivity contribution in [1.29, 1.82) is 5.26 Å². The van der Waals surface area contributed by atoms with E-state index in [4.69, 9.17) is 0 Å². The first-order valence-corrected chi connectivity index (χ1v) is 7.62. The first-order valence-electron chi connectivity index (χ1n) is 6.23. The van der Waals surface area contributed by atoms with Crippen LogP contribution in [0.4, 0.5) is 0 Å². The zero-order valence-corrected chi connectivity index (χ0v) is 11.2. The highest BCUT2D eigenvalue weighted by atomic mass is 32.2. The summed E-state index contributed by atoms with van der Waals surface area (Å²) in [5.74, 6) is 1.66. The van der Waals surface area contributed by atoms with Crippen LogP contribution in [0.2, 0.25) is 0 Å². The van der Waals surface area contributed by atoms with E-state index in [1.165, 1.54) is 6.42 Å². The lowest BCUT2D eigenvalue weighted by molar-refractivity contribution is 0.0174. The minimum atomic E-state index is -0.448. The van der Waals surface area contributed by atoms with Crippen molar-refractivity contribution >= 4 is 11.8 Å². The third kappa shape index (κ3) is 3.40. The second kappa shape index (κ2) is 6.51. The fourth-order valence-electron chi connectivity index (χ4n) is 2.77. The first kappa shape index (κ1) is 13.9. The normalized spacial score (nSPS) is 32.0. The Kier molecular flexibility index (Phi) is 5.64. The zero-order valence-electron chi connectivity index (χ0n) is 10.4. The molecule has 0 aromatic rings. The molecule has 1 aliphatic carbocycles. The van der Waals surface area contributed by atoms with Gasteiger partial charge in [-0.05, 0) is 43.6 Å². The van der Waals surface area contributed by atoms with Crippen LogP contribution >= 0.6 is 11.8 Å². The molecule has 0 heterocycles.